The van der Waals surface area contributed by atoms with E-state index in [4.69, 9.17) is 0 Å². The average Bonchev–Trinajstić information content (AvgIpc) is 2.94. The second-order valence-corrected chi connectivity index (χ2v) is 5.86. The van der Waals surface area contributed by atoms with Crippen LogP contribution in [-0.4, -0.2) is 20.9 Å². The van der Waals surface area contributed by atoms with Gasteiger partial charge in [0.15, 0.2) is 10.9 Å². The Morgan fingerprint density at radius 3 is 1.33 bits per heavy atom. The summed E-state index contributed by atoms with van der Waals surface area (Å²) in [5.74, 6) is -1.05. The third kappa shape index (κ3) is 2.81. The first-order chi connectivity index (χ1) is 13.1. The first-order valence-corrected chi connectivity index (χ1v) is 8.12. The van der Waals surface area contributed by atoms with Crippen LogP contribution in [0.5, 0.6) is 0 Å². The molecule has 0 saturated carbocycles. The molecule has 2 amide bonds. The van der Waals surface area contributed by atoms with E-state index in [9.17, 15) is 19.2 Å². The normalized spacial score (nSPS) is 14.1. The zero-order valence-electron chi connectivity index (χ0n) is 14.0. The molecule has 0 bridgehead atoms. The quantitative estimate of drug-likeness (QED) is 0.662. The molecule has 0 radical (unpaired) electrons. The summed E-state index contributed by atoms with van der Waals surface area (Å²) in [6.45, 7) is 0. The number of rotatable bonds is 3. The number of carbonyl (C=O) groups excluding carboxylic acids is 2. The van der Waals surface area contributed by atoms with Gasteiger partial charge < -0.3 is 9.13 Å². The van der Waals surface area contributed by atoms with Crippen molar-refractivity contribution in [3.63, 3.8) is 0 Å². The Balaban J connectivity index is 1.94. The summed E-state index contributed by atoms with van der Waals surface area (Å²) < 4.78 is 2.86. The minimum Gasteiger partial charge on any atom is -0.317 e. The van der Waals surface area contributed by atoms with E-state index >= 15 is 0 Å². The minimum atomic E-state index is -0.524. The fourth-order valence-electron chi connectivity index (χ4n) is 2.91. The number of aromatic nitrogens is 2. The van der Waals surface area contributed by atoms with Crippen LogP contribution in [0.2, 0.25) is 0 Å². The molecule has 0 spiro atoms. The van der Waals surface area contributed by atoms with Gasteiger partial charge in [0.1, 0.15) is 11.4 Å². The SMILES string of the molecule is O=C1C(n2ccc(=O)cc2)=C(n2ccc(=O)cc2)C(=O)N1c1ccccc1. The van der Waals surface area contributed by atoms with E-state index in [1.165, 1.54) is 58.2 Å². The highest BCUT2D eigenvalue weighted by molar-refractivity contribution is 6.52. The van der Waals surface area contributed by atoms with Gasteiger partial charge in [-0.1, -0.05) is 18.2 Å². The summed E-state index contributed by atoms with van der Waals surface area (Å²) in [5.41, 5.74) is 0.184. The molecule has 27 heavy (non-hydrogen) atoms. The van der Waals surface area contributed by atoms with Crippen molar-refractivity contribution in [3.05, 3.63) is 99.8 Å². The fraction of sp³-hybridized carbons (Fsp3) is 0. The van der Waals surface area contributed by atoms with E-state index in [2.05, 4.69) is 0 Å². The number of benzene rings is 1. The topological polar surface area (TPSA) is 81.4 Å². The number of anilines is 1. The first kappa shape index (κ1) is 16.5. The van der Waals surface area contributed by atoms with Crippen LogP contribution in [0.25, 0.3) is 11.4 Å². The standard InChI is InChI=1S/C20H13N3O4/c24-15-6-10-21(11-7-15)17-18(22-12-8-16(25)9-13-22)20(27)23(19(17)26)14-4-2-1-3-5-14/h1-13H. The van der Waals surface area contributed by atoms with Gasteiger partial charge in [0.25, 0.3) is 11.8 Å². The molecule has 0 unspecified atom stereocenters. The van der Waals surface area contributed by atoms with Crippen LogP contribution in [0.15, 0.2) is 89.0 Å². The molecule has 0 atom stereocenters. The van der Waals surface area contributed by atoms with E-state index in [1.807, 2.05) is 0 Å². The lowest BCUT2D eigenvalue weighted by atomic mass is 10.3. The second-order valence-electron chi connectivity index (χ2n) is 5.86. The van der Waals surface area contributed by atoms with Gasteiger partial charge >= 0.3 is 0 Å². The molecule has 0 N–H and O–H groups in total. The summed E-state index contributed by atoms with van der Waals surface area (Å²) in [4.78, 5) is 50.2. The van der Waals surface area contributed by atoms with Crippen molar-refractivity contribution < 1.29 is 9.59 Å². The molecule has 7 nitrogen and oxygen atoms in total. The summed E-state index contributed by atoms with van der Waals surface area (Å²) in [7, 11) is 0. The predicted molar refractivity (Wildman–Crippen MR) is 99.7 cm³/mol. The van der Waals surface area contributed by atoms with Gasteiger partial charge in [0.05, 0.1) is 5.69 Å². The lowest BCUT2D eigenvalue weighted by molar-refractivity contribution is -0.119. The number of amides is 2. The Hall–Kier alpha value is -4.00. The maximum Gasteiger partial charge on any atom is 0.284 e. The number of pyridine rings is 2. The summed E-state index contributed by atoms with van der Waals surface area (Å²) in [5, 5.41) is 0. The maximum absolute atomic E-state index is 13.1. The van der Waals surface area contributed by atoms with Crippen LogP contribution >= 0.6 is 0 Å². The minimum absolute atomic E-state index is 0.0903. The number of nitrogens with zero attached hydrogens (tertiary/aromatic N) is 3. The monoisotopic (exact) mass is 359 g/mol. The number of para-hydroxylation sites is 1. The third-order valence-corrected chi connectivity index (χ3v) is 4.16. The van der Waals surface area contributed by atoms with Crippen molar-refractivity contribution in [2.45, 2.75) is 0 Å². The van der Waals surface area contributed by atoms with Crippen LogP contribution < -0.4 is 15.8 Å². The van der Waals surface area contributed by atoms with E-state index in [0.29, 0.717) is 5.69 Å². The lowest BCUT2D eigenvalue weighted by Gasteiger charge is -2.15. The van der Waals surface area contributed by atoms with Crippen LogP contribution in [0, 0.1) is 0 Å². The zero-order valence-corrected chi connectivity index (χ0v) is 14.0. The van der Waals surface area contributed by atoms with Crippen LogP contribution in [0.1, 0.15) is 0 Å². The Morgan fingerprint density at radius 1 is 0.519 bits per heavy atom. The van der Waals surface area contributed by atoms with Crippen molar-refractivity contribution in [1.82, 2.24) is 9.13 Å². The number of hydrogen-bond acceptors (Lipinski definition) is 4. The largest absolute Gasteiger partial charge is 0.317 e. The number of hydrogen-bond donors (Lipinski definition) is 0. The average molecular weight is 359 g/mol. The van der Waals surface area contributed by atoms with Crippen LogP contribution in [0.4, 0.5) is 5.69 Å². The molecule has 4 rings (SSSR count). The Kier molecular flexibility index (Phi) is 3.89. The molecule has 132 valence electrons. The van der Waals surface area contributed by atoms with Crippen LogP contribution in [0.3, 0.4) is 0 Å². The fourth-order valence-corrected chi connectivity index (χ4v) is 2.91. The Bertz CT molecular complexity index is 1090. The smallest absolute Gasteiger partial charge is 0.284 e. The van der Waals surface area contributed by atoms with Gasteiger partial charge in [-0.25, -0.2) is 4.90 Å². The molecule has 3 aromatic rings. The Labute approximate surface area is 153 Å². The van der Waals surface area contributed by atoms with Crippen molar-refractivity contribution in [3.8, 4) is 0 Å². The van der Waals surface area contributed by atoms with Crippen LogP contribution in [-0.2, 0) is 9.59 Å². The Morgan fingerprint density at radius 2 is 0.926 bits per heavy atom. The molecule has 0 fully saturated rings. The van der Waals surface area contributed by atoms with Crippen molar-refractivity contribution in [2.24, 2.45) is 0 Å². The van der Waals surface area contributed by atoms with Gasteiger partial charge in [-0.15, -0.1) is 0 Å². The molecule has 0 saturated heterocycles. The predicted octanol–water partition coefficient (Wildman–Crippen LogP) is 1.41. The lowest BCUT2D eigenvalue weighted by Crippen LogP contribution is -2.32. The second kappa shape index (κ2) is 6.38. The summed E-state index contributed by atoms with van der Waals surface area (Å²) >= 11 is 0. The van der Waals surface area contributed by atoms with Crippen molar-refractivity contribution in [1.29, 1.82) is 0 Å². The maximum atomic E-state index is 13.1. The highest BCUT2D eigenvalue weighted by Crippen LogP contribution is 2.31. The molecule has 2 aromatic heterocycles. The molecule has 1 aliphatic rings. The third-order valence-electron chi connectivity index (χ3n) is 4.16. The molecule has 1 aliphatic heterocycles. The van der Waals surface area contributed by atoms with Gasteiger partial charge in [-0.3, -0.25) is 19.2 Å². The summed E-state index contributed by atoms with van der Waals surface area (Å²) in [6.07, 6.45) is 5.72. The van der Waals surface area contributed by atoms with Gasteiger partial charge in [0, 0.05) is 49.1 Å². The van der Waals surface area contributed by atoms with Gasteiger partial charge in [0.2, 0.25) is 0 Å². The zero-order chi connectivity index (χ0) is 19.0. The number of carbonyl (C=O) groups is 2. The molecule has 3 heterocycles. The highest BCUT2D eigenvalue weighted by Gasteiger charge is 2.41. The molecular weight excluding hydrogens is 346 g/mol. The molecule has 1 aromatic carbocycles. The number of imide groups is 1. The highest BCUT2D eigenvalue weighted by atomic mass is 16.2. The summed E-state index contributed by atoms with van der Waals surface area (Å²) in [6, 6.07) is 13.8. The van der Waals surface area contributed by atoms with Crippen molar-refractivity contribution >= 4 is 28.9 Å². The van der Waals surface area contributed by atoms with Gasteiger partial charge in [-0.2, -0.15) is 0 Å². The molecule has 0 aliphatic carbocycles. The first-order valence-electron chi connectivity index (χ1n) is 8.12. The molecule has 7 heteroatoms. The van der Waals surface area contributed by atoms with E-state index in [0.717, 1.165) is 4.90 Å². The van der Waals surface area contributed by atoms with Gasteiger partial charge in [-0.05, 0) is 12.1 Å². The molecular formula is C20H13N3O4. The van der Waals surface area contributed by atoms with E-state index in [-0.39, 0.29) is 22.3 Å². The van der Waals surface area contributed by atoms with E-state index in [1.54, 1.807) is 30.3 Å². The van der Waals surface area contributed by atoms with E-state index < -0.39 is 11.8 Å². The van der Waals surface area contributed by atoms with Crippen molar-refractivity contribution in [2.75, 3.05) is 4.90 Å².